The number of hydrogen-bond acceptors (Lipinski definition) is 8. The number of aryl methyl sites for hydroxylation is 1. The number of hydrogen-bond donors (Lipinski definition) is 3. The second kappa shape index (κ2) is 11.6. The maximum absolute atomic E-state index is 12.7. The number of carbonyl (C=O) groups is 1. The fourth-order valence-electron chi connectivity index (χ4n) is 5.00. The third-order valence-corrected chi connectivity index (χ3v) is 8.00. The van der Waals surface area contributed by atoms with Crippen molar-refractivity contribution in [2.75, 3.05) is 42.1 Å². The number of thiazole rings is 1. The van der Waals surface area contributed by atoms with Crippen LogP contribution in [0.5, 0.6) is 0 Å². The van der Waals surface area contributed by atoms with Gasteiger partial charge in [0.25, 0.3) is 11.5 Å². The largest absolute Gasteiger partial charge is 0.375 e. The van der Waals surface area contributed by atoms with Gasteiger partial charge >= 0.3 is 0 Å². The van der Waals surface area contributed by atoms with Crippen LogP contribution in [0.2, 0.25) is 0 Å². The maximum atomic E-state index is 12.7. The second-order valence-corrected chi connectivity index (χ2v) is 10.8. The number of fused-ring (bicyclic) bond motifs is 2. The van der Waals surface area contributed by atoms with E-state index in [2.05, 4.69) is 48.3 Å². The topological polar surface area (TPSA) is 120 Å². The number of nitrogens with one attached hydrogen (secondary N) is 2. The van der Waals surface area contributed by atoms with Crippen molar-refractivity contribution in [2.24, 2.45) is 0 Å². The Morgan fingerprint density at radius 2 is 1.90 bits per heavy atom. The average Bonchev–Trinajstić information content (AvgIpc) is 3.32. The van der Waals surface area contributed by atoms with E-state index < -0.39 is 0 Å². The SMILES string of the molecule is CCc1cc2ccc(CN3CCN(c4ccc(C(=O)Nc5ccc6nc(N)sc6c5)nc4)CC3)cc2[nH]c1=O.Cl. The van der Waals surface area contributed by atoms with E-state index in [9.17, 15) is 9.59 Å². The summed E-state index contributed by atoms with van der Waals surface area (Å²) in [5.41, 5.74) is 11.5. The predicted octanol–water partition coefficient (Wildman–Crippen LogP) is 4.67. The second-order valence-electron chi connectivity index (χ2n) is 9.75. The van der Waals surface area contributed by atoms with Crippen LogP contribution in [0.15, 0.2) is 65.6 Å². The van der Waals surface area contributed by atoms with Gasteiger partial charge in [0, 0.05) is 49.5 Å². The molecule has 0 bridgehead atoms. The molecule has 0 aliphatic carbocycles. The Hall–Kier alpha value is -3.99. The fraction of sp³-hybridized carbons (Fsp3) is 0.241. The lowest BCUT2D eigenvalue weighted by atomic mass is 10.1. The minimum atomic E-state index is -0.258. The summed E-state index contributed by atoms with van der Waals surface area (Å²) in [5, 5.41) is 4.47. The lowest BCUT2D eigenvalue weighted by Gasteiger charge is -2.36. The standard InChI is InChI=1S/C29H29N7O2S.ClH/c1-2-19-14-20-4-3-18(13-25(20)33-27(19)37)17-35-9-11-36(12-10-35)22-6-8-24(31-16-22)28(38)32-21-5-7-23-26(15-21)39-29(30)34-23;/h3-8,13-16H,2,9-12,17H2,1H3,(H2,30,34)(H,32,38)(H,33,37);1H. The van der Waals surface area contributed by atoms with Crippen molar-refractivity contribution in [3.05, 3.63) is 88.0 Å². The number of aromatic amines is 1. The molecule has 1 fully saturated rings. The number of halogens is 1. The first-order valence-electron chi connectivity index (χ1n) is 13.0. The molecule has 3 aromatic heterocycles. The molecular weight excluding hydrogens is 546 g/mol. The van der Waals surface area contributed by atoms with Crippen LogP contribution in [-0.2, 0) is 13.0 Å². The summed E-state index contributed by atoms with van der Waals surface area (Å²) in [7, 11) is 0. The van der Waals surface area contributed by atoms with E-state index in [4.69, 9.17) is 5.73 Å². The van der Waals surface area contributed by atoms with Gasteiger partial charge < -0.3 is 20.9 Å². The Balaban J connectivity index is 0.00000323. The summed E-state index contributed by atoms with van der Waals surface area (Å²) in [6, 6.07) is 17.5. The Labute approximate surface area is 241 Å². The zero-order chi connectivity index (χ0) is 26.9. The van der Waals surface area contributed by atoms with Gasteiger partial charge in [0.15, 0.2) is 5.13 Å². The fourth-order valence-corrected chi connectivity index (χ4v) is 5.77. The molecule has 4 heterocycles. The smallest absolute Gasteiger partial charge is 0.274 e. The minimum absolute atomic E-state index is 0. The minimum Gasteiger partial charge on any atom is -0.375 e. The van der Waals surface area contributed by atoms with Crippen LogP contribution in [0.3, 0.4) is 0 Å². The molecule has 0 radical (unpaired) electrons. The number of nitrogens with two attached hydrogens (primary N) is 1. The number of anilines is 3. The van der Waals surface area contributed by atoms with Crippen molar-refractivity contribution in [3.8, 4) is 0 Å². The normalized spacial score (nSPS) is 13.9. The molecule has 0 spiro atoms. The van der Waals surface area contributed by atoms with Gasteiger partial charge in [-0.15, -0.1) is 12.4 Å². The van der Waals surface area contributed by atoms with Gasteiger partial charge in [-0.1, -0.05) is 30.4 Å². The summed E-state index contributed by atoms with van der Waals surface area (Å²) in [4.78, 5) is 41.4. The van der Waals surface area contributed by atoms with Gasteiger partial charge in [-0.25, -0.2) is 9.97 Å². The van der Waals surface area contributed by atoms with Crippen LogP contribution in [0, 0.1) is 0 Å². The van der Waals surface area contributed by atoms with Gasteiger partial charge in [0.05, 0.1) is 22.1 Å². The number of nitrogens with zero attached hydrogens (tertiary/aromatic N) is 4. The summed E-state index contributed by atoms with van der Waals surface area (Å²) < 4.78 is 0.925. The summed E-state index contributed by atoms with van der Waals surface area (Å²) in [6.45, 7) is 6.39. The van der Waals surface area contributed by atoms with Crippen molar-refractivity contribution in [2.45, 2.75) is 19.9 Å². The molecule has 1 saturated heterocycles. The number of amides is 1. The molecule has 40 heavy (non-hydrogen) atoms. The van der Waals surface area contributed by atoms with Crippen LogP contribution in [0.1, 0.15) is 28.5 Å². The number of aromatic nitrogens is 3. The van der Waals surface area contributed by atoms with E-state index in [1.165, 1.54) is 16.9 Å². The zero-order valence-electron chi connectivity index (χ0n) is 22.0. The molecule has 2 aromatic carbocycles. The molecule has 5 aromatic rings. The molecule has 1 aliphatic rings. The monoisotopic (exact) mass is 575 g/mol. The van der Waals surface area contributed by atoms with Crippen molar-refractivity contribution in [1.82, 2.24) is 19.9 Å². The summed E-state index contributed by atoms with van der Waals surface area (Å²) in [6.07, 6.45) is 2.49. The lowest BCUT2D eigenvalue weighted by molar-refractivity contribution is 0.102. The lowest BCUT2D eigenvalue weighted by Crippen LogP contribution is -2.46. The van der Waals surface area contributed by atoms with Crippen molar-refractivity contribution >= 4 is 67.3 Å². The van der Waals surface area contributed by atoms with Crippen LogP contribution in [0.4, 0.5) is 16.5 Å². The van der Waals surface area contributed by atoms with Gasteiger partial charge in [0.2, 0.25) is 0 Å². The Bertz CT molecular complexity index is 1730. The maximum Gasteiger partial charge on any atom is 0.274 e. The number of carbonyl (C=O) groups excluding carboxylic acids is 1. The van der Waals surface area contributed by atoms with Gasteiger partial charge in [0.1, 0.15) is 5.69 Å². The van der Waals surface area contributed by atoms with Crippen LogP contribution >= 0.6 is 23.7 Å². The van der Waals surface area contributed by atoms with Crippen molar-refractivity contribution in [1.29, 1.82) is 0 Å². The molecule has 0 atom stereocenters. The van der Waals surface area contributed by atoms with E-state index in [-0.39, 0.29) is 23.9 Å². The van der Waals surface area contributed by atoms with Gasteiger partial charge in [-0.2, -0.15) is 0 Å². The number of pyridine rings is 2. The Morgan fingerprint density at radius 3 is 2.65 bits per heavy atom. The van der Waals surface area contributed by atoms with Gasteiger partial charge in [-0.3, -0.25) is 14.5 Å². The van der Waals surface area contributed by atoms with Crippen molar-refractivity contribution < 1.29 is 4.79 Å². The highest BCUT2D eigenvalue weighted by Gasteiger charge is 2.19. The van der Waals surface area contributed by atoms with E-state index in [0.717, 1.165) is 71.5 Å². The first-order valence-corrected chi connectivity index (χ1v) is 13.8. The van der Waals surface area contributed by atoms with Crippen LogP contribution in [-0.4, -0.2) is 51.9 Å². The van der Waals surface area contributed by atoms with E-state index in [0.29, 0.717) is 16.5 Å². The number of piperazine rings is 1. The van der Waals surface area contributed by atoms with E-state index in [1.807, 2.05) is 37.3 Å². The summed E-state index contributed by atoms with van der Waals surface area (Å²) in [5.74, 6) is -0.258. The van der Waals surface area contributed by atoms with Crippen molar-refractivity contribution in [3.63, 3.8) is 0 Å². The Morgan fingerprint density at radius 1 is 1.07 bits per heavy atom. The molecular formula is C29H30ClN7O2S. The molecule has 206 valence electrons. The van der Waals surface area contributed by atoms with Crippen LogP contribution in [0.25, 0.3) is 21.1 Å². The first-order chi connectivity index (χ1) is 18.9. The molecule has 0 unspecified atom stereocenters. The Kier molecular flexibility index (Phi) is 8.02. The van der Waals surface area contributed by atoms with Crippen LogP contribution < -0.4 is 21.5 Å². The number of H-pyrrole nitrogens is 1. The third-order valence-electron chi connectivity index (χ3n) is 7.16. The average molecular weight is 576 g/mol. The van der Waals surface area contributed by atoms with E-state index in [1.54, 1.807) is 12.3 Å². The molecule has 1 amide bonds. The molecule has 1 aliphatic heterocycles. The number of rotatable bonds is 6. The quantitative estimate of drug-likeness (QED) is 0.269. The van der Waals surface area contributed by atoms with E-state index >= 15 is 0 Å². The first kappa shape index (κ1) is 27.6. The number of benzene rings is 2. The molecule has 9 nitrogen and oxygen atoms in total. The zero-order valence-corrected chi connectivity index (χ0v) is 23.6. The predicted molar refractivity (Wildman–Crippen MR) is 165 cm³/mol. The third kappa shape index (κ3) is 5.79. The highest BCUT2D eigenvalue weighted by atomic mass is 35.5. The summed E-state index contributed by atoms with van der Waals surface area (Å²) >= 11 is 1.39. The molecule has 0 saturated carbocycles. The molecule has 11 heteroatoms. The highest BCUT2D eigenvalue weighted by Crippen LogP contribution is 2.27. The number of nitrogen functional groups attached to an aromatic ring is 1. The van der Waals surface area contributed by atoms with Gasteiger partial charge in [-0.05, 0) is 59.8 Å². The molecule has 4 N–H and O–H groups in total. The highest BCUT2D eigenvalue weighted by molar-refractivity contribution is 7.22. The molecule has 6 rings (SSSR count).